The van der Waals surface area contributed by atoms with E-state index in [-0.39, 0.29) is 48.4 Å². The van der Waals surface area contributed by atoms with E-state index in [0.29, 0.717) is 40.6 Å². The van der Waals surface area contributed by atoms with E-state index in [4.69, 9.17) is 21.6 Å². The van der Waals surface area contributed by atoms with E-state index in [1.54, 1.807) is 29.2 Å². The number of aromatic nitrogens is 2. The third-order valence-corrected chi connectivity index (χ3v) is 11.4. The van der Waals surface area contributed by atoms with Crippen LogP contribution in [0.3, 0.4) is 0 Å². The SMILES string of the molecule is N#Cc1ccc(O[C@H]2CC[C@H](NC(=O)c3ccc(N4C5CCC4CN(Cc4ccc6c(c4)CN(C4CCC(=O)NC4=O)C6=O)C5)nn3)CC2)cc1Cl. The normalized spacial score (nSPS) is 25.8. The molecule has 3 atom stereocenters. The van der Waals surface area contributed by atoms with Crippen LogP contribution in [0.25, 0.3) is 0 Å². The first-order chi connectivity index (χ1) is 25.2. The van der Waals surface area contributed by atoms with E-state index >= 15 is 0 Å². The Morgan fingerprint density at radius 2 is 1.75 bits per heavy atom. The average molecular weight is 723 g/mol. The molecule has 3 aromatic rings. The Bertz CT molecular complexity index is 1950. The number of hydrogen-bond acceptors (Lipinski definition) is 10. The molecule has 5 heterocycles. The molecule has 4 amide bonds. The average Bonchev–Trinajstić information content (AvgIpc) is 3.60. The number of nitrogens with zero attached hydrogens (tertiary/aromatic N) is 6. The van der Waals surface area contributed by atoms with Crippen molar-refractivity contribution < 1.29 is 23.9 Å². The van der Waals surface area contributed by atoms with Crippen molar-refractivity contribution in [1.29, 1.82) is 5.26 Å². The number of nitrogens with one attached hydrogen (secondary N) is 2. The summed E-state index contributed by atoms with van der Waals surface area (Å²) >= 11 is 6.15. The lowest BCUT2D eigenvalue weighted by Gasteiger charge is -2.41. The van der Waals surface area contributed by atoms with E-state index in [1.165, 1.54) is 0 Å². The molecule has 0 spiro atoms. The Kier molecular flexibility index (Phi) is 9.27. The molecular weight excluding hydrogens is 684 g/mol. The number of hydrogen-bond donors (Lipinski definition) is 2. The number of amides is 4. The molecule has 5 aliphatic rings. The lowest BCUT2D eigenvalue weighted by molar-refractivity contribution is -0.136. The first kappa shape index (κ1) is 34.0. The second-order valence-electron chi connectivity index (χ2n) is 14.5. The lowest BCUT2D eigenvalue weighted by Crippen LogP contribution is -2.53. The number of piperidine rings is 1. The van der Waals surface area contributed by atoms with E-state index < -0.39 is 11.9 Å². The molecule has 268 valence electrons. The fraction of sp³-hybridized carbons (Fsp3) is 0.447. The Balaban J connectivity index is 0.824. The Labute approximate surface area is 306 Å². The van der Waals surface area contributed by atoms with Gasteiger partial charge < -0.3 is 19.9 Å². The summed E-state index contributed by atoms with van der Waals surface area (Å²) in [5, 5.41) is 23.8. The molecule has 4 fully saturated rings. The minimum atomic E-state index is -0.620. The van der Waals surface area contributed by atoms with Gasteiger partial charge in [0.25, 0.3) is 11.8 Å². The highest BCUT2D eigenvalue weighted by Gasteiger charge is 2.42. The minimum absolute atomic E-state index is 0.0176. The van der Waals surface area contributed by atoms with Crippen LogP contribution in [-0.2, 0) is 22.7 Å². The summed E-state index contributed by atoms with van der Waals surface area (Å²) in [6.07, 6.45) is 5.85. The first-order valence-electron chi connectivity index (χ1n) is 18.0. The maximum absolute atomic E-state index is 13.1. The van der Waals surface area contributed by atoms with Gasteiger partial charge in [-0.3, -0.25) is 29.4 Å². The third kappa shape index (κ3) is 6.80. The topological polar surface area (TPSA) is 161 Å². The highest BCUT2D eigenvalue weighted by atomic mass is 35.5. The molecular formula is C38H39ClN8O5. The number of benzene rings is 2. The fourth-order valence-electron chi connectivity index (χ4n) is 8.50. The van der Waals surface area contributed by atoms with Crippen molar-refractivity contribution in [2.24, 2.45) is 0 Å². The van der Waals surface area contributed by atoms with Crippen molar-refractivity contribution in [3.63, 3.8) is 0 Å². The van der Waals surface area contributed by atoms with Crippen LogP contribution in [0.15, 0.2) is 48.5 Å². The van der Waals surface area contributed by atoms with Gasteiger partial charge in [0.1, 0.15) is 17.9 Å². The highest BCUT2D eigenvalue weighted by Crippen LogP contribution is 2.35. The number of carbonyl (C=O) groups is 4. The van der Waals surface area contributed by atoms with Crippen LogP contribution in [0.2, 0.25) is 5.02 Å². The highest BCUT2D eigenvalue weighted by molar-refractivity contribution is 6.31. The van der Waals surface area contributed by atoms with Gasteiger partial charge in [-0.2, -0.15) is 5.26 Å². The van der Waals surface area contributed by atoms with E-state index in [0.717, 1.165) is 75.1 Å². The van der Waals surface area contributed by atoms with Gasteiger partial charge in [0.05, 0.1) is 16.7 Å². The molecule has 14 heteroatoms. The molecule has 0 radical (unpaired) electrons. The number of carbonyl (C=O) groups excluding carboxylic acids is 4. The van der Waals surface area contributed by atoms with Crippen LogP contribution >= 0.6 is 11.6 Å². The van der Waals surface area contributed by atoms with Crippen LogP contribution < -0.4 is 20.3 Å². The molecule has 13 nitrogen and oxygen atoms in total. The van der Waals surface area contributed by atoms with Crippen LogP contribution in [0.1, 0.15) is 88.9 Å². The van der Waals surface area contributed by atoms with Crippen molar-refractivity contribution >= 4 is 41.0 Å². The predicted molar refractivity (Wildman–Crippen MR) is 189 cm³/mol. The maximum atomic E-state index is 13.1. The zero-order chi connectivity index (χ0) is 35.9. The third-order valence-electron chi connectivity index (χ3n) is 11.1. The van der Waals surface area contributed by atoms with E-state index in [9.17, 15) is 19.2 Å². The molecule has 8 rings (SSSR count). The second-order valence-corrected chi connectivity index (χ2v) is 14.9. The van der Waals surface area contributed by atoms with Crippen LogP contribution in [0, 0.1) is 11.3 Å². The molecule has 4 aliphatic heterocycles. The van der Waals surface area contributed by atoms with Gasteiger partial charge in [0.15, 0.2) is 11.5 Å². The number of ether oxygens (including phenoxy) is 1. The maximum Gasteiger partial charge on any atom is 0.272 e. The number of piperazine rings is 1. The number of rotatable bonds is 8. The van der Waals surface area contributed by atoms with E-state index in [1.807, 2.05) is 18.2 Å². The van der Waals surface area contributed by atoms with Gasteiger partial charge in [-0.1, -0.05) is 23.7 Å². The Morgan fingerprint density at radius 3 is 2.44 bits per heavy atom. The smallest absolute Gasteiger partial charge is 0.272 e. The number of imide groups is 1. The molecule has 3 saturated heterocycles. The first-order valence-corrected chi connectivity index (χ1v) is 18.4. The standard InChI is InChI=1S/C38H39ClN8O5/c39-31-16-29(7-2-23(31)17-40)52-28-8-3-25(4-9-28)41-36(49)32-11-13-34(44-43-32)47-26-5-6-27(47)21-45(20-26)18-22-1-10-30-24(15-22)19-46(38(30)51)33-12-14-35(48)42-37(33)50/h1-2,7,10-11,13,15-16,25-28,33H,3-6,8-9,12,14,18-21H2,(H,41,49)(H,42,48,50)/t25-,26?,27?,28-,33?. The minimum Gasteiger partial charge on any atom is -0.490 e. The molecule has 1 saturated carbocycles. The largest absolute Gasteiger partial charge is 0.490 e. The van der Waals surface area contributed by atoms with Gasteiger partial charge in [-0.25, -0.2) is 0 Å². The number of fused-ring (bicyclic) bond motifs is 3. The second kappa shape index (κ2) is 14.2. The summed E-state index contributed by atoms with van der Waals surface area (Å²) in [5.74, 6) is 0.344. The zero-order valence-corrected chi connectivity index (χ0v) is 29.3. The quantitative estimate of drug-likeness (QED) is 0.328. The van der Waals surface area contributed by atoms with Crippen molar-refractivity contribution in [3.05, 3.63) is 81.5 Å². The number of nitriles is 1. The number of likely N-dealkylation sites (tertiary alicyclic amines) is 1. The van der Waals surface area contributed by atoms with Crippen molar-refractivity contribution in [1.82, 2.24) is 30.6 Å². The summed E-state index contributed by atoms with van der Waals surface area (Å²) in [7, 11) is 0. The molecule has 2 aromatic carbocycles. The Hall–Kier alpha value is -5.06. The van der Waals surface area contributed by atoms with Crippen molar-refractivity contribution in [2.75, 3.05) is 18.0 Å². The van der Waals surface area contributed by atoms with Gasteiger partial charge in [-0.05, 0) is 86.4 Å². The predicted octanol–water partition coefficient (Wildman–Crippen LogP) is 3.74. The van der Waals surface area contributed by atoms with Crippen molar-refractivity contribution in [2.45, 2.75) is 94.7 Å². The van der Waals surface area contributed by atoms with Gasteiger partial charge >= 0.3 is 0 Å². The monoisotopic (exact) mass is 722 g/mol. The summed E-state index contributed by atoms with van der Waals surface area (Å²) in [6.45, 7) is 2.85. The molecule has 52 heavy (non-hydrogen) atoms. The van der Waals surface area contributed by atoms with Crippen LogP contribution in [0.4, 0.5) is 5.82 Å². The molecule has 1 aliphatic carbocycles. The van der Waals surface area contributed by atoms with Gasteiger partial charge in [0, 0.05) is 62.4 Å². The van der Waals surface area contributed by atoms with Crippen LogP contribution in [-0.4, -0.2) is 87.0 Å². The van der Waals surface area contributed by atoms with Gasteiger partial charge in [-0.15, -0.1) is 10.2 Å². The summed E-state index contributed by atoms with van der Waals surface area (Å²) in [4.78, 5) is 56.6. The number of halogens is 1. The summed E-state index contributed by atoms with van der Waals surface area (Å²) in [5.41, 5.74) is 3.38. The molecule has 2 bridgehead atoms. The lowest BCUT2D eigenvalue weighted by atomic mass is 9.93. The molecule has 2 N–H and O–H groups in total. The molecule has 1 aromatic heterocycles. The van der Waals surface area contributed by atoms with Crippen molar-refractivity contribution in [3.8, 4) is 11.8 Å². The fourth-order valence-corrected chi connectivity index (χ4v) is 8.71. The summed E-state index contributed by atoms with van der Waals surface area (Å²) in [6, 6.07) is 16.7. The van der Waals surface area contributed by atoms with E-state index in [2.05, 4.69) is 42.8 Å². The zero-order valence-electron chi connectivity index (χ0n) is 28.6. The van der Waals surface area contributed by atoms with Crippen LogP contribution in [0.5, 0.6) is 5.75 Å². The molecule has 3 unspecified atom stereocenters. The van der Waals surface area contributed by atoms with Gasteiger partial charge in [0.2, 0.25) is 11.8 Å². The summed E-state index contributed by atoms with van der Waals surface area (Å²) < 4.78 is 6.08. The number of anilines is 1. The Morgan fingerprint density at radius 1 is 0.962 bits per heavy atom.